The number of thiophene rings is 1. The smallest absolute Gasteiger partial charge is 0.238 e. The van der Waals surface area contributed by atoms with Crippen LogP contribution in [0.4, 0.5) is 11.4 Å². The first-order valence-electron chi connectivity index (χ1n) is 12.5. The van der Waals surface area contributed by atoms with Gasteiger partial charge in [-0.3, -0.25) is 19.4 Å². The van der Waals surface area contributed by atoms with Crippen LogP contribution in [0.2, 0.25) is 0 Å². The molecule has 38 heavy (non-hydrogen) atoms. The Kier molecular flexibility index (Phi) is 5.00. The second-order valence-electron chi connectivity index (χ2n) is 9.93. The number of carbonyl (C=O) groups excluding carboxylic acids is 3. The van der Waals surface area contributed by atoms with Gasteiger partial charge in [-0.1, -0.05) is 54.6 Å². The van der Waals surface area contributed by atoms with Gasteiger partial charge in [0.05, 0.1) is 16.8 Å². The van der Waals surface area contributed by atoms with E-state index in [9.17, 15) is 14.4 Å². The van der Waals surface area contributed by atoms with E-state index in [4.69, 9.17) is 0 Å². The summed E-state index contributed by atoms with van der Waals surface area (Å²) < 4.78 is 0. The lowest BCUT2D eigenvalue weighted by molar-refractivity contribution is -0.121. The van der Waals surface area contributed by atoms with E-state index in [1.54, 1.807) is 30.5 Å². The van der Waals surface area contributed by atoms with E-state index in [1.807, 2.05) is 71.8 Å². The molecule has 6 nitrogen and oxygen atoms in total. The predicted molar refractivity (Wildman–Crippen MR) is 148 cm³/mol. The molecule has 2 aromatic carbocycles. The van der Waals surface area contributed by atoms with E-state index in [2.05, 4.69) is 16.4 Å². The molecular weight excluding hydrogens is 494 g/mol. The van der Waals surface area contributed by atoms with Crippen molar-refractivity contribution in [1.29, 1.82) is 0 Å². The third-order valence-corrected chi connectivity index (χ3v) is 9.00. The van der Waals surface area contributed by atoms with Crippen molar-refractivity contribution in [1.82, 2.24) is 4.98 Å². The minimum atomic E-state index is -1.32. The minimum absolute atomic E-state index is 0.170. The maximum Gasteiger partial charge on any atom is 0.238 e. The fraction of sp³-hybridized carbons (Fsp3) is 0.161. The SMILES string of the molecule is CC1=CC2N(c3ccccc31)C(C(=O)c1cccs1)C(C(=O)c1ccccn1)C21C(=O)Nc2ccccc21. The number of Topliss-reactive ketones (excluding diaryl/α,β-unsaturated/α-hetero) is 2. The monoisotopic (exact) mass is 517 g/mol. The number of pyridine rings is 1. The number of anilines is 2. The van der Waals surface area contributed by atoms with E-state index >= 15 is 0 Å². The Morgan fingerprint density at radius 2 is 1.74 bits per heavy atom. The number of rotatable bonds is 4. The van der Waals surface area contributed by atoms with Gasteiger partial charge in [-0.15, -0.1) is 11.3 Å². The molecule has 1 saturated heterocycles. The molecule has 7 heteroatoms. The van der Waals surface area contributed by atoms with Gasteiger partial charge in [0.2, 0.25) is 5.91 Å². The van der Waals surface area contributed by atoms with Gasteiger partial charge in [0.1, 0.15) is 17.2 Å². The minimum Gasteiger partial charge on any atom is -0.352 e. The van der Waals surface area contributed by atoms with Crippen LogP contribution in [0.15, 0.2) is 96.5 Å². The molecule has 4 unspecified atom stereocenters. The summed E-state index contributed by atoms with van der Waals surface area (Å²) in [6.07, 6.45) is 3.63. The molecule has 1 amide bonds. The van der Waals surface area contributed by atoms with Gasteiger partial charge in [-0.25, -0.2) is 0 Å². The van der Waals surface area contributed by atoms with Gasteiger partial charge in [-0.05, 0) is 53.8 Å². The van der Waals surface area contributed by atoms with Crippen molar-refractivity contribution in [2.45, 2.75) is 24.4 Å². The number of nitrogens with one attached hydrogen (secondary N) is 1. The van der Waals surface area contributed by atoms with Gasteiger partial charge in [0, 0.05) is 23.1 Å². The lowest BCUT2D eigenvalue weighted by Crippen LogP contribution is -2.51. The van der Waals surface area contributed by atoms with E-state index in [0.29, 0.717) is 10.6 Å². The topological polar surface area (TPSA) is 79.4 Å². The quantitative estimate of drug-likeness (QED) is 0.367. The first-order chi connectivity index (χ1) is 18.5. The zero-order valence-electron chi connectivity index (χ0n) is 20.5. The number of aromatic nitrogens is 1. The molecule has 0 saturated carbocycles. The number of nitrogens with zero attached hydrogens (tertiary/aromatic N) is 2. The third kappa shape index (κ3) is 2.93. The van der Waals surface area contributed by atoms with Crippen LogP contribution in [0.1, 0.15) is 38.2 Å². The van der Waals surface area contributed by atoms with Crippen LogP contribution in [0.25, 0.3) is 5.57 Å². The van der Waals surface area contributed by atoms with Crippen LogP contribution < -0.4 is 10.2 Å². The molecule has 4 atom stereocenters. The van der Waals surface area contributed by atoms with Crippen LogP contribution in [0.5, 0.6) is 0 Å². The van der Waals surface area contributed by atoms with Gasteiger partial charge < -0.3 is 10.2 Å². The van der Waals surface area contributed by atoms with E-state index in [-0.39, 0.29) is 23.2 Å². The second kappa shape index (κ2) is 8.33. The van der Waals surface area contributed by atoms with E-state index in [1.165, 1.54) is 11.3 Å². The van der Waals surface area contributed by atoms with Crippen molar-refractivity contribution in [3.05, 3.63) is 118 Å². The summed E-state index contributed by atoms with van der Waals surface area (Å²) in [5.41, 5.74) is 3.17. The molecule has 3 aliphatic rings. The van der Waals surface area contributed by atoms with Crippen LogP contribution >= 0.6 is 11.3 Å². The Morgan fingerprint density at radius 3 is 2.53 bits per heavy atom. The molecule has 3 aliphatic heterocycles. The van der Waals surface area contributed by atoms with Crippen LogP contribution in [0.3, 0.4) is 0 Å². The number of benzene rings is 2. The summed E-state index contributed by atoms with van der Waals surface area (Å²) >= 11 is 1.35. The first kappa shape index (κ1) is 22.8. The largest absolute Gasteiger partial charge is 0.352 e. The number of allylic oxidation sites excluding steroid dienone is 1. The van der Waals surface area contributed by atoms with Crippen molar-refractivity contribution in [2.75, 3.05) is 10.2 Å². The number of ketones is 2. The highest BCUT2D eigenvalue weighted by Crippen LogP contribution is 2.58. The zero-order valence-corrected chi connectivity index (χ0v) is 21.3. The predicted octanol–water partition coefficient (Wildman–Crippen LogP) is 5.39. The summed E-state index contributed by atoms with van der Waals surface area (Å²) in [6, 6.07) is 22.8. The fourth-order valence-corrected chi connectivity index (χ4v) is 7.32. The number of hydrogen-bond donors (Lipinski definition) is 1. The summed E-state index contributed by atoms with van der Waals surface area (Å²) in [5.74, 6) is -1.76. The molecule has 186 valence electrons. The Balaban J connectivity index is 1.57. The highest BCUT2D eigenvalue weighted by molar-refractivity contribution is 7.12. The second-order valence-corrected chi connectivity index (χ2v) is 10.9. The molecule has 4 aromatic rings. The maximum absolute atomic E-state index is 14.5. The lowest BCUT2D eigenvalue weighted by atomic mass is 9.64. The summed E-state index contributed by atoms with van der Waals surface area (Å²) in [7, 11) is 0. The Labute approximate surface area is 223 Å². The van der Waals surface area contributed by atoms with Crippen molar-refractivity contribution < 1.29 is 14.4 Å². The van der Waals surface area contributed by atoms with Crippen molar-refractivity contribution >= 4 is 45.8 Å². The molecule has 7 rings (SSSR count). The molecule has 0 bridgehead atoms. The standard InChI is InChI=1S/C31H23N3O3S/c1-18-17-25-31(20-10-3-4-11-21(20)33-30(31)37)26(28(35)22-12-6-7-15-32-22)27(29(36)24-14-8-16-38-24)34(25)23-13-5-2-9-19(18)23/h2-17,25-27H,1H3,(H,33,37). The number of amides is 1. The fourth-order valence-electron chi connectivity index (χ4n) is 6.62. The zero-order chi connectivity index (χ0) is 26.0. The average molecular weight is 518 g/mol. The number of carbonyl (C=O) groups is 3. The van der Waals surface area contributed by atoms with Crippen LogP contribution in [-0.2, 0) is 10.2 Å². The van der Waals surface area contributed by atoms with Crippen molar-refractivity contribution in [3.8, 4) is 0 Å². The average Bonchev–Trinajstić information content (AvgIpc) is 3.66. The molecule has 5 heterocycles. The Bertz CT molecular complexity index is 1650. The van der Waals surface area contributed by atoms with E-state index < -0.39 is 23.4 Å². The highest BCUT2D eigenvalue weighted by atomic mass is 32.1. The summed E-state index contributed by atoms with van der Waals surface area (Å²) in [6.45, 7) is 2.02. The maximum atomic E-state index is 14.5. The van der Waals surface area contributed by atoms with Gasteiger partial charge in [0.15, 0.2) is 11.6 Å². The molecule has 0 aliphatic carbocycles. The van der Waals surface area contributed by atoms with Gasteiger partial charge >= 0.3 is 0 Å². The van der Waals surface area contributed by atoms with Gasteiger partial charge in [-0.2, -0.15) is 0 Å². The Hall–Kier alpha value is -4.36. The molecule has 1 spiro atoms. The molecular formula is C31H23N3O3S. The summed E-state index contributed by atoms with van der Waals surface area (Å²) in [4.78, 5) is 50.2. The van der Waals surface area contributed by atoms with Gasteiger partial charge in [0.25, 0.3) is 0 Å². The summed E-state index contributed by atoms with van der Waals surface area (Å²) in [5, 5.41) is 4.91. The first-order valence-corrected chi connectivity index (χ1v) is 13.4. The van der Waals surface area contributed by atoms with Crippen LogP contribution in [0, 0.1) is 5.92 Å². The molecule has 1 N–H and O–H groups in total. The van der Waals surface area contributed by atoms with Crippen molar-refractivity contribution in [3.63, 3.8) is 0 Å². The van der Waals surface area contributed by atoms with Crippen LogP contribution in [-0.4, -0.2) is 34.5 Å². The normalized spacial score (nSPS) is 24.9. The number of hydrogen-bond acceptors (Lipinski definition) is 6. The highest BCUT2D eigenvalue weighted by Gasteiger charge is 2.70. The van der Waals surface area contributed by atoms with Crippen molar-refractivity contribution in [2.24, 2.45) is 5.92 Å². The number of para-hydroxylation sites is 2. The molecule has 2 aromatic heterocycles. The number of fused-ring (bicyclic) bond motifs is 6. The molecule has 0 radical (unpaired) electrons. The third-order valence-electron chi connectivity index (χ3n) is 8.12. The van der Waals surface area contributed by atoms with E-state index in [0.717, 1.165) is 22.4 Å². The lowest BCUT2D eigenvalue weighted by Gasteiger charge is -2.39. The Morgan fingerprint density at radius 1 is 0.947 bits per heavy atom. The molecule has 1 fully saturated rings.